The Balaban J connectivity index is 1.98. The van der Waals surface area contributed by atoms with Gasteiger partial charge in [0.25, 0.3) is 5.91 Å². The van der Waals surface area contributed by atoms with Gasteiger partial charge in [-0.3, -0.25) is 9.69 Å². The van der Waals surface area contributed by atoms with Gasteiger partial charge in [0, 0.05) is 47.6 Å². The van der Waals surface area contributed by atoms with Crippen LogP contribution in [-0.2, 0) is 0 Å². The molecule has 10 heteroatoms. The number of amides is 1. The smallest absolute Gasteiger partial charge is 0.266 e. The van der Waals surface area contributed by atoms with E-state index in [2.05, 4.69) is 112 Å². The molecule has 0 spiro atoms. The van der Waals surface area contributed by atoms with E-state index in [-0.39, 0.29) is 5.91 Å². The first-order chi connectivity index (χ1) is 13.2. The number of anilines is 1. The van der Waals surface area contributed by atoms with Gasteiger partial charge in [-0.05, 0) is 108 Å². The van der Waals surface area contributed by atoms with Gasteiger partial charge in [-0.2, -0.15) is 0 Å². The summed E-state index contributed by atoms with van der Waals surface area (Å²) in [4.78, 5) is 20.1. The van der Waals surface area contributed by atoms with E-state index in [9.17, 15) is 4.79 Å². The van der Waals surface area contributed by atoms with Gasteiger partial charge in [-0.25, -0.2) is 4.99 Å². The molecule has 0 saturated carbocycles. The number of hydrogen-bond donors (Lipinski definition) is 0. The molecule has 1 amide bonds. The molecular formula is C18H3Br7N2O. The van der Waals surface area contributed by atoms with E-state index in [1.54, 1.807) is 4.90 Å². The van der Waals surface area contributed by atoms with Crippen molar-refractivity contribution in [3.05, 3.63) is 60.6 Å². The molecule has 28 heavy (non-hydrogen) atoms. The number of carbonyl (C=O) groups excluding carboxylic acids is 1. The fourth-order valence-corrected chi connectivity index (χ4v) is 7.85. The summed E-state index contributed by atoms with van der Waals surface area (Å²) >= 11 is 25.3. The van der Waals surface area contributed by atoms with E-state index in [1.165, 1.54) is 0 Å². The number of hydrogen-bond acceptors (Lipinski definition) is 2. The topological polar surface area (TPSA) is 32.7 Å². The maximum atomic E-state index is 13.6. The van der Waals surface area contributed by atoms with E-state index in [0.717, 1.165) is 54.5 Å². The number of nitrogens with zero attached hydrogens (tertiary/aromatic N) is 2. The maximum absolute atomic E-state index is 13.6. The number of fused-ring (bicyclic) bond motifs is 4. The van der Waals surface area contributed by atoms with Crippen molar-refractivity contribution in [3.8, 4) is 0 Å². The number of halogens is 7. The number of rotatable bonds is 0. The van der Waals surface area contributed by atoms with Crippen molar-refractivity contribution in [2.45, 2.75) is 0 Å². The summed E-state index contributed by atoms with van der Waals surface area (Å²) in [6.45, 7) is 0. The minimum Gasteiger partial charge on any atom is -0.268 e. The normalized spacial score (nSPS) is 14.5. The minimum atomic E-state index is -0.135. The Labute approximate surface area is 218 Å². The molecule has 0 aliphatic carbocycles. The third-order valence-corrected chi connectivity index (χ3v) is 11.3. The highest BCUT2D eigenvalue weighted by molar-refractivity contribution is 9.15. The summed E-state index contributed by atoms with van der Waals surface area (Å²) in [5.41, 5.74) is 2.89. The van der Waals surface area contributed by atoms with E-state index in [0.29, 0.717) is 15.9 Å². The Morgan fingerprint density at radius 3 is 2.07 bits per heavy atom. The third-order valence-electron chi connectivity index (χ3n) is 4.66. The Morgan fingerprint density at radius 1 is 0.750 bits per heavy atom. The van der Waals surface area contributed by atoms with Crippen LogP contribution in [0.25, 0.3) is 10.8 Å². The molecule has 0 fully saturated rings. The zero-order valence-electron chi connectivity index (χ0n) is 13.2. The largest absolute Gasteiger partial charge is 0.268 e. The van der Waals surface area contributed by atoms with Crippen LogP contribution in [0.5, 0.6) is 0 Å². The zero-order valence-corrected chi connectivity index (χ0v) is 24.3. The van der Waals surface area contributed by atoms with Crippen molar-refractivity contribution in [1.29, 1.82) is 0 Å². The summed E-state index contributed by atoms with van der Waals surface area (Å²) in [6, 6.07) is 5.95. The first-order valence-corrected chi connectivity index (χ1v) is 13.2. The summed E-state index contributed by atoms with van der Waals surface area (Å²) in [6.07, 6.45) is 0. The van der Waals surface area contributed by atoms with Gasteiger partial charge in [0.1, 0.15) is 5.84 Å². The average molecular weight is 823 g/mol. The van der Waals surface area contributed by atoms with Crippen LogP contribution >= 0.6 is 112 Å². The van der Waals surface area contributed by atoms with E-state index in [1.807, 2.05) is 18.2 Å². The van der Waals surface area contributed by atoms with Crippen LogP contribution in [0.15, 0.2) is 54.5 Å². The molecule has 3 aromatic rings. The van der Waals surface area contributed by atoms with Crippen LogP contribution in [0.3, 0.4) is 0 Å². The molecule has 140 valence electrons. The van der Waals surface area contributed by atoms with E-state index in [4.69, 9.17) is 4.99 Å². The summed E-state index contributed by atoms with van der Waals surface area (Å²) in [5.74, 6) is 0.453. The molecule has 0 saturated heterocycles. The fourth-order valence-electron chi connectivity index (χ4n) is 3.49. The Morgan fingerprint density at radius 2 is 1.39 bits per heavy atom. The van der Waals surface area contributed by atoms with Crippen molar-refractivity contribution in [2.24, 2.45) is 4.99 Å². The predicted octanol–water partition coefficient (Wildman–Crippen LogP) is 9.23. The van der Waals surface area contributed by atoms with E-state index >= 15 is 0 Å². The SMILES string of the molecule is O=C1c2c(Br)c(Br)c(Br)c(Br)c2C2=Nc3c(Br)ccc4c(Br)cc(Br)c(c34)N12. The summed E-state index contributed by atoms with van der Waals surface area (Å²) < 4.78 is 5.65. The number of amidine groups is 1. The number of benzene rings is 3. The lowest BCUT2D eigenvalue weighted by Gasteiger charge is -2.27. The highest BCUT2D eigenvalue weighted by Gasteiger charge is 2.44. The predicted molar refractivity (Wildman–Crippen MR) is 137 cm³/mol. The van der Waals surface area contributed by atoms with Crippen LogP contribution in [0, 0.1) is 0 Å². The molecule has 3 nitrogen and oxygen atoms in total. The van der Waals surface area contributed by atoms with Crippen LogP contribution < -0.4 is 4.90 Å². The van der Waals surface area contributed by atoms with Crippen LogP contribution in [0.4, 0.5) is 11.4 Å². The van der Waals surface area contributed by atoms with Crippen LogP contribution in [0.2, 0.25) is 0 Å². The van der Waals surface area contributed by atoms with E-state index < -0.39 is 0 Å². The maximum Gasteiger partial charge on any atom is 0.266 e. The lowest BCUT2D eigenvalue weighted by Crippen LogP contribution is -2.32. The standard InChI is InChI=1S/C18H3Br7N2O/c19-5-2-1-4-6(20)3-7(21)16-8(4)15(5)26-17-9-10(18(28)27(16)17)12(23)14(25)13(24)11(9)22/h1-3H. The molecule has 0 bridgehead atoms. The van der Waals surface area contributed by atoms with Gasteiger partial charge in [0.15, 0.2) is 0 Å². The van der Waals surface area contributed by atoms with Gasteiger partial charge in [-0.15, -0.1) is 0 Å². The van der Waals surface area contributed by atoms with Gasteiger partial charge in [0.05, 0.1) is 16.9 Å². The van der Waals surface area contributed by atoms with Gasteiger partial charge in [-0.1, -0.05) is 22.0 Å². The molecule has 0 aromatic heterocycles. The van der Waals surface area contributed by atoms with Crippen molar-refractivity contribution < 1.29 is 4.79 Å². The monoisotopic (exact) mass is 815 g/mol. The number of aliphatic imine (C=N–C) groups is 1. The first kappa shape index (κ1) is 20.3. The second kappa shape index (κ2) is 6.97. The average Bonchev–Trinajstić information content (AvgIpc) is 2.95. The van der Waals surface area contributed by atoms with Gasteiger partial charge >= 0.3 is 0 Å². The molecule has 2 aliphatic heterocycles. The lowest BCUT2D eigenvalue weighted by atomic mass is 10.0. The quantitative estimate of drug-likeness (QED) is 0.165. The molecule has 2 heterocycles. The Hall–Kier alpha value is 0.420. The Bertz CT molecular complexity index is 1320. The first-order valence-electron chi connectivity index (χ1n) is 7.63. The second-order valence-electron chi connectivity index (χ2n) is 6.09. The second-order valence-corrected chi connectivity index (χ2v) is 11.8. The van der Waals surface area contributed by atoms with Crippen molar-refractivity contribution >= 4 is 145 Å². The third kappa shape index (κ3) is 2.58. The highest BCUT2D eigenvalue weighted by Crippen LogP contribution is 2.54. The fraction of sp³-hybridized carbons (Fsp3) is 0. The molecular weight excluding hydrogens is 820 g/mol. The lowest BCUT2D eigenvalue weighted by molar-refractivity contribution is 0.101. The van der Waals surface area contributed by atoms with Gasteiger partial charge in [0.2, 0.25) is 0 Å². The molecule has 0 atom stereocenters. The Kier molecular flexibility index (Phi) is 5.06. The minimum absolute atomic E-state index is 0.135. The molecule has 0 unspecified atom stereocenters. The zero-order chi connectivity index (χ0) is 20.1. The number of carbonyl (C=O) groups is 1. The van der Waals surface area contributed by atoms with Crippen molar-refractivity contribution in [1.82, 2.24) is 0 Å². The molecule has 2 aliphatic rings. The molecule has 0 N–H and O–H groups in total. The molecule has 3 aromatic carbocycles. The van der Waals surface area contributed by atoms with Crippen molar-refractivity contribution in [2.75, 3.05) is 4.90 Å². The van der Waals surface area contributed by atoms with Gasteiger partial charge < -0.3 is 0 Å². The molecule has 5 rings (SSSR count). The van der Waals surface area contributed by atoms with Crippen LogP contribution in [0.1, 0.15) is 15.9 Å². The summed E-state index contributed by atoms with van der Waals surface area (Å²) in [7, 11) is 0. The molecule has 0 radical (unpaired) electrons. The highest BCUT2D eigenvalue weighted by atomic mass is 79.9. The summed E-state index contributed by atoms with van der Waals surface area (Å²) in [5, 5.41) is 1.90. The van der Waals surface area contributed by atoms with Crippen molar-refractivity contribution in [3.63, 3.8) is 0 Å². The van der Waals surface area contributed by atoms with Crippen LogP contribution in [-0.4, -0.2) is 11.7 Å².